The van der Waals surface area contributed by atoms with Crippen LogP contribution in [0, 0.1) is 35.5 Å². The highest BCUT2D eigenvalue weighted by Crippen LogP contribution is 2.66. The predicted molar refractivity (Wildman–Crippen MR) is 113 cm³/mol. The minimum atomic E-state index is 0.292. The molecule has 3 nitrogen and oxygen atoms in total. The second kappa shape index (κ2) is 6.30. The summed E-state index contributed by atoms with van der Waals surface area (Å²) in [6, 6.07) is 2.32. The van der Waals surface area contributed by atoms with Crippen molar-refractivity contribution in [2.24, 2.45) is 33.7 Å². The molecular formula is C25H32N2O. The van der Waals surface area contributed by atoms with Crippen molar-refractivity contribution >= 4 is 11.3 Å². The number of pyridine rings is 1. The summed E-state index contributed by atoms with van der Waals surface area (Å²) < 4.78 is 0. The normalized spacial score (nSPS) is 41.0. The monoisotopic (exact) mass is 376 g/mol. The number of hydrogen-bond donors (Lipinski definition) is 1. The number of fused-ring (bicyclic) bond motifs is 5. The lowest BCUT2D eigenvalue weighted by atomic mass is 9.46. The van der Waals surface area contributed by atoms with E-state index < -0.39 is 0 Å². The molecule has 1 aromatic rings. The average Bonchev–Trinajstić information content (AvgIpc) is 3.04. The van der Waals surface area contributed by atoms with E-state index in [1.807, 2.05) is 6.20 Å². The zero-order valence-corrected chi connectivity index (χ0v) is 17.4. The Balaban J connectivity index is 1.47. The van der Waals surface area contributed by atoms with Gasteiger partial charge in [-0.2, -0.15) is 0 Å². The van der Waals surface area contributed by atoms with E-state index in [0.29, 0.717) is 10.8 Å². The van der Waals surface area contributed by atoms with Crippen LogP contribution in [0.25, 0.3) is 5.57 Å². The van der Waals surface area contributed by atoms with Gasteiger partial charge in [-0.05, 0) is 109 Å². The van der Waals surface area contributed by atoms with Crippen LogP contribution in [0.2, 0.25) is 0 Å². The molecule has 1 aromatic heterocycles. The predicted octanol–water partition coefficient (Wildman–Crippen LogP) is 6.18. The first-order valence-electron chi connectivity index (χ1n) is 11.0. The number of oxime groups is 1. The second-order valence-electron chi connectivity index (χ2n) is 10.2. The van der Waals surface area contributed by atoms with Crippen molar-refractivity contribution in [1.82, 2.24) is 4.98 Å². The summed E-state index contributed by atoms with van der Waals surface area (Å²) >= 11 is 0. The summed E-state index contributed by atoms with van der Waals surface area (Å²) in [6.45, 7) is 7.17. The van der Waals surface area contributed by atoms with E-state index in [0.717, 1.165) is 36.3 Å². The molecule has 4 aliphatic carbocycles. The van der Waals surface area contributed by atoms with Gasteiger partial charge in [0.2, 0.25) is 0 Å². The van der Waals surface area contributed by atoms with Gasteiger partial charge in [0.15, 0.2) is 0 Å². The molecule has 1 N–H and O–H groups in total. The third-order valence-electron chi connectivity index (χ3n) is 8.87. The first kappa shape index (κ1) is 18.1. The summed E-state index contributed by atoms with van der Waals surface area (Å²) in [5, 5.41) is 12.8. The minimum Gasteiger partial charge on any atom is -0.411 e. The summed E-state index contributed by atoms with van der Waals surface area (Å²) in [5.74, 6) is 2.34. The number of rotatable bonds is 1. The van der Waals surface area contributed by atoms with E-state index in [-0.39, 0.29) is 0 Å². The fourth-order valence-corrected chi connectivity index (χ4v) is 7.37. The molecule has 2 saturated carbocycles. The van der Waals surface area contributed by atoms with Gasteiger partial charge < -0.3 is 5.21 Å². The fraction of sp³-hybridized carbons (Fsp3) is 0.600. The number of aromatic nitrogens is 1. The zero-order chi connectivity index (χ0) is 19.5. The molecule has 0 unspecified atom stereocenters. The molecular weight excluding hydrogens is 344 g/mol. The smallest absolute Gasteiger partial charge is 0.0795 e. The van der Waals surface area contributed by atoms with E-state index in [1.165, 1.54) is 43.2 Å². The van der Waals surface area contributed by atoms with E-state index in [9.17, 15) is 5.21 Å². The maximum Gasteiger partial charge on any atom is 0.0795 e. The van der Waals surface area contributed by atoms with Crippen LogP contribution in [0.1, 0.15) is 69.9 Å². The Hall–Kier alpha value is -1.90. The van der Waals surface area contributed by atoms with Crippen LogP contribution in [-0.2, 0) is 0 Å². The van der Waals surface area contributed by atoms with Gasteiger partial charge in [-0.3, -0.25) is 4.98 Å². The third kappa shape index (κ3) is 2.47. The van der Waals surface area contributed by atoms with E-state index in [4.69, 9.17) is 0 Å². The Kier molecular flexibility index (Phi) is 4.08. The molecule has 0 bridgehead atoms. The third-order valence-corrected chi connectivity index (χ3v) is 8.87. The Labute approximate surface area is 168 Å². The molecule has 0 aromatic carbocycles. The van der Waals surface area contributed by atoms with Gasteiger partial charge in [0.1, 0.15) is 0 Å². The maximum atomic E-state index is 9.24. The van der Waals surface area contributed by atoms with E-state index in [1.54, 1.807) is 11.1 Å². The van der Waals surface area contributed by atoms with E-state index in [2.05, 4.69) is 55.3 Å². The molecule has 0 radical (unpaired) electrons. The van der Waals surface area contributed by atoms with Crippen molar-refractivity contribution in [2.45, 2.75) is 65.7 Å². The Morgan fingerprint density at radius 3 is 2.71 bits per heavy atom. The number of nitrogens with zero attached hydrogens (tertiary/aromatic N) is 2. The largest absolute Gasteiger partial charge is 0.411 e. The SMILES string of the molecule is Cc1cncc(C2=CC[C@H]3[C@@H]4CCC5=C/C(=N/O)CC[C@]5(C)[C@H]4CC[C@]23C)c1. The standard InChI is InChI=1S/C25H32N2O/c1-16-12-17(15-26-14-16)21-6-7-22-20-5-4-18-13-19(27-28)8-10-24(18,2)23(20)9-11-25(21,22)3/h6,12-15,20,22-23,28H,4-5,7-11H2,1-3H3/b27-19+/t20-,22-,23-,24-,25+/m0/s1. The molecule has 0 amide bonds. The first-order chi connectivity index (χ1) is 13.5. The van der Waals surface area contributed by atoms with Crippen molar-refractivity contribution in [2.75, 3.05) is 0 Å². The van der Waals surface area contributed by atoms with Crippen molar-refractivity contribution in [3.63, 3.8) is 0 Å². The second-order valence-corrected chi connectivity index (χ2v) is 10.2. The molecule has 0 saturated heterocycles. The molecule has 1 heterocycles. The van der Waals surface area contributed by atoms with Gasteiger partial charge in [0.05, 0.1) is 5.71 Å². The van der Waals surface area contributed by atoms with Crippen LogP contribution >= 0.6 is 0 Å². The van der Waals surface area contributed by atoms with Gasteiger partial charge in [0.25, 0.3) is 0 Å². The van der Waals surface area contributed by atoms with E-state index >= 15 is 0 Å². The Morgan fingerprint density at radius 1 is 1.07 bits per heavy atom. The van der Waals surface area contributed by atoms with Crippen LogP contribution in [-0.4, -0.2) is 15.9 Å². The van der Waals surface area contributed by atoms with Crippen LogP contribution in [0.3, 0.4) is 0 Å². The number of allylic oxidation sites excluding steroid dienone is 4. The Morgan fingerprint density at radius 2 is 1.93 bits per heavy atom. The average molecular weight is 377 g/mol. The van der Waals surface area contributed by atoms with Crippen LogP contribution in [0.5, 0.6) is 0 Å². The summed E-state index contributed by atoms with van der Waals surface area (Å²) in [5.41, 5.74) is 7.16. The quantitative estimate of drug-likeness (QED) is 0.470. The summed E-state index contributed by atoms with van der Waals surface area (Å²) in [6.07, 6.45) is 17.1. The number of hydrogen-bond acceptors (Lipinski definition) is 3. The highest BCUT2D eigenvalue weighted by atomic mass is 16.4. The summed E-state index contributed by atoms with van der Waals surface area (Å²) in [4.78, 5) is 4.48. The van der Waals surface area contributed by atoms with Crippen LogP contribution in [0.15, 0.2) is 41.3 Å². The van der Waals surface area contributed by atoms with Gasteiger partial charge in [-0.1, -0.05) is 30.7 Å². The molecule has 0 aliphatic heterocycles. The van der Waals surface area contributed by atoms with Crippen molar-refractivity contribution in [3.05, 3.63) is 47.3 Å². The molecule has 28 heavy (non-hydrogen) atoms. The van der Waals surface area contributed by atoms with Gasteiger partial charge in [-0.15, -0.1) is 0 Å². The van der Waals surface area contributed by atoms with Crippen LogP contribution < -0.4 is 0 Å². The van der Waals surface area contributed by atoms with Gasteiger partial charge >= 0.3 is 0 Å². The lowest BCUT2D eigenvalue weighted by Crippen LogP contribution is -2.49. The van der Waals surface area contributed by atoms with Gasteiger partial charge in [0, 0.05) is 12.4 Å². The first-order valence-corrected chi connectivity index (χ1v) is 11.0. The van der Waals surface area contributed by atoms with Crippen molar-refractivity contribution in [3.8, 4) is 0 Å². The van der Waals surface area contributed by atoms with Gasteiger partial charge in [-0.25, -0.2) is 0 Å². The molecule has 2 fully saturated rings. The lowest BCUT2D eigenvalue weighted by Gasteiger charge is -2.58. The highest BCUT2D eigenvalue weighted by Gasteiger charge is 2.57. The zero-order valence-electron chi connectivity index (χ0n) is 17.4. The van der Waals surface area contributed by atoms with Crippen LogP contribution in [0.4, 0.5) is 0 Å². The number of aryl methyl sites for hydroxylation is 1. The maximum absolute atomic E-state index is 9.24. The molecule has 148 valence electrons. The van der Waals surface area contributed by atoms with Crippen molar-refractivity contribution in [1.29, 1.82) is 0 Å². The summed E-state index contributed by atoms with van der Waals surface area (Å²) in [7, 11) is 0. The molecule has 0 spiro atoms. The molecule has 5 atom stereocenters. The molecule has 5 rings (SSSR count). The Bertz CT molecular complexity index is 898. The lowest BCUT2D eigenvalue weighted by molar-refractivity contribution is -0.0190. The fourth-order valence-electron chi connectivity index (χ4n) is 7.37. The topological polar surface area (TPSA) is 45.5 Å². The molecule has 4 aliphatic rings. The minimum absolute atomic E-state index is 0.292. The molecule has 3 heteroatoms. The van der Waals surface area contributed by atoms with Crippen molar-refractivity contribution < 1.29 is 5.21 Å². The highest BCUT2D eigenvalue weighted by molar-refractivity contribution is 5.96.